The van der Waals surface area contributed by atoms with Crippen molar-refractivity contribution in [2.45, 2.75) is 33.1 Å². The molecule has 2 rings (SSSR count). The Hall–Kier alpha value is -2.15. The van der Waals surface area contributed by atoms with Crippen molar-refractivity contribution in [3.63, 3.8) is 0 Å². The predicted octanol–water partition coefficient (Wildman–Crippen LogP) is 2.11. The quantitative estimate of drug-likeness (QED) is 0.817. The summed E-state index contributed by atoms with van der Waals surface area (Å²) in [5.74, 6) is 0.0618. The molecule has 1 atom stereocenters. The first-order valence-corrected chi connectivity index (χ1v) is 10.3. The molecule has 0 aliphatic carbocycles. The van der Waals surface area contributed by atoms with E-state index in [0.717, 1.165) is 17.9 Å². The lowest BCUT2D eigenvalue weighted by Crippen LogP contribution is -2.30. The van der Waals surface area contributed by atoms with Gasteiger partial charge in [-0.05, 0) is 43.5 Å². The first kappa shape index (κ1) is 19.2. The highest BCUT2D eigenvalue weighted by molar-refractivity contribution is 7.89. The van der Waals surface area contributed by atoms with Crippen LogP contribution in [-0.4, -0.2) is 36.9 Å². The van der Waals surface area contributed by atoms with E-state index >= 15 is 0 Å². The molecule has 1 aromatic carbocycles. The minimum absolute atomic E-state index is 0.0193. The molecule has 1 amide bonds. The number of carbonyl (C=O) groups is 1. The third kappa shape index (κ3) is 6.01. The highest BCUT2D eigenvalue weighted by Gasteiger charge is 2.11. The Balaban J connectivity index is 1.88. The molecule has 0 aliphatic rings. The normalized spacial score (nSPS) is 12.8. The van der Waals surface area contributed by atoms with Crippen molar-refractivity contribution in [3.05, 3.63) is 52.8 Å². The first-order valence-electron chi connectivity index (χ1n) is 8.20. The van der Waals surface area contributed by atoms with Crippen molar-refractivity contribution >= 4 is 15.7 Å². The molecule has 6 nitrogen and oxygen atoms in total. The summed E-state index contributed by atoms with van der Waals surface area (Å²) in [6.07, 6.45) is 1.19. The lowest BCUT2D eigenvalue weighted by atomic mass is 10.1. The first-order chi connectivity index (χ1) is 11.6. The topological polar surface area (TPSA) is 81.1 Å². The van der Waals surface area contributed by atoms with Crippen LogP contribution in [0.15, 0.2) is 30.3 Å². The van der Waals surface area contributed by atoms with Crippen LogP contribution in [0.3, 0.4) is 0 Å². The Labute approximate surface area is 149 Å². The molecule has 1 aromatic heterocycles. The maximum absolute atomic E-state index is 12.2. The standard InChI is InChI=1S/C18H25N3O3S/c1-13(11-21-15(3)9-14(2)20-21)10-19-18(22)17-7-5-16(6-8-17)12-25(4,23)24/h5-9,13H,10-12H2,1-4H3,(H,19,22). The number of hydrogen-bond donors (Lipinski definition) is 1. The summed E-state index contributed by atoms with van der Waals surface area (Å²) < 4.78 is 24.5. The summed E-state index contributed by atoms with van der Waals surface area (Å²) >= 11 is 0. The van der Waals surface area contributed by atoms with E-state index < -0.39 is 9.84 Å². The predicted molar refractivity (Wildman–Crippen MR) is 98.2 cm³/mol. The Morgan fingerprint density at radius 3 is 2.40 bits per heavy atom. The maximum Gasteiger partial charge on any atom is 0.251 e. The zero-order chi connectivity index (χ0) is 18.6. The average Bonchev–Trinajstić information content (AvgIpc) is 2.81. The lowest BCUT2D eigenvalue weighted by Gasteiger charge is -2.14. The van der Waals surface area contributed by atoms with Crippen LogP contribution in [-0.2, 0) is 22.1 Å². The zero-order valence-electron chi connectivity index (χ0n) is 15.1. The second kappa shape index (κ2) is 7.82. The monoisotopic (exact) mass is 363 g/mol. The van der Waals surface area contributed by atoms with Crippen molar-refractivity contribution in [1.82, 2.24) is 15.1 Å². The third-order valence-corrected chi connectivity index (χ3v) is 4.70. The minimum atomic E-state index is -3.07. The number of sulfone groups is 1. The smallest absolute Gasteiger partial charge is 0.251 e. The maximum atomic E-state index is 12.2. The van der Waals surface area contributed by atoms with Gasteiger partial charge in [0.25, 0.3) is 5.91 Å². The van der Waals surface area contributed by atoms with Gasteiger partial charge in [0.1, 0.15) is 0 Å². The summed E-state index contributed by atoms with van der Waals surface area (Å²) in [5.41, 5.74) is 3.30. The van der Waals surface area contributed by atoms with E-state index in [4.69, 9.17) is 0 Å². The molecule has 0 aliphatic heterocycles. The van der Waals surface area contributed by atoms with Gasteiger partial charge in [0.15, 0.2) is 9.84 Å². The molecule has 7 heteroatoms. The van der Waals surface area contributed by atoms with E-state index in [1.54, 1.807) is 24.3 Å². The van der Waals surface area contributed by atoms with Crippen LogP contribution < -0.4 is 5.32 Å². The summed E-state index contributed by atoms with van der Waals surface area (Å²) in [4.78, 5) is 12.2. The lowest BCUT2D eigenvalue weighted by molar-refractivity contribution is 0.0946. The molecule has 0 radical (unpaired) electrons. The summed E-state index contributed by atoms with van der Waals surface area (Å²) in [6, 6.07) is 8.69. The van der Waals surface area contributed by atoms with E-state index in [-0.39, 0.29) is 17.6 Å². The summed E-state index contributed by atoms with van der Waals surface area (Å²) in [5, 5.41) is 7.34. The number of aromatic nitrogens is 2. The molecular formula is C18H25N3O3S. The molecule has 1 unspecified atom stereocenters. The zero-order valence-corrected chi connectivity index (χ0v) is 15.9. The number of aryl methyl sites for hydroxylation is 2. The molecule has 2 aromatic rings. The second-order valence-electron chi connectivity index (χ2n) is 6.69. The van der Waals surface area contributed by atoms with E-state index in [9.17, 15) is 13.2 Å². The van der Waals surface area contributed by atoms with E-state index in [1.165, 1.54) is 6.26 Å². The van der Waals surface area contributed by atoms with Gasteiger partial charge in [-0.3, -0.25) is 9.48 Å². The highest BCUT2D eigenvalue weighted by atomic mass is 32.2. The Morgan fingerprint density at radius 1 is 1.24 bits per heavy atom. The van der Waals surface area contributed by atoms with Crippen molar-refractivity contribution in [2.75, 3.05) is 12.8 Å². The fraction of sp³-hybridized carbons (Fsp3) is 0.444. The number of hydrogen-bond acceptors (Lipinski definition) is 4. The number of benzene rings is 1. The fourth-order valence-electron chi connectivity index (χ4n) is 2.64. The third-order valence-electron chi connectivity index (χ3n) is 3.84. The molecule has 1 heterocycles. The van der Waals surface area contributed by atoms with Gasteiger partial charge in [-0.2, -0.15) is 5.10 Å². The molecule has 0 saturated heterocycles. The molecule has 1 N–H and O–H groups in total. The van der Waals surface area contributed by atoms with Gasteiger partial charge in [-0.15, -0.1) is 0 Å². The van der Waals surface area contributed by atoms with Crippen LogP contribution in [0, 0.1) is 19.8 Å². The van der Waals surface area contributed by atoms with Crippen molar-refractivity contribution in [1.29, 1.82) is 0 Å². The van der Waals surface area contributed by atoms with E-state index in [1.807, 2.05) is 24.6 Å². The molecule has 0 bridgehead atoms. The van der Waals surface area contributed by atoms with Gasteiger partial charge in [-0.25, -0.2) is 8.42 Å². The highest BCUT2D eigenvalue weighted by Crippen LogP contribution is 2.09. The van der Waals surface area contributed by atoms with E-state index in [2.05, 4.69) is 17.3 Å². The Kier molecular flexibility index (Phi) is 6.00. The van der Waals surface area contributed by atoms with Gasteiger partial charge in [0, 0.05) is 30.6 Å². The van der Waals surface area contributed by atoms with Gasteiger partial charge >= 0.3 is 0 Å². The van der Waals surface area contributed by atoms with Gasteiger partial charge in [0.05, 0.1) is 11.4 Å². The van der Waals surface area contributed by atoms with Crippen molar-refractivity contribution in [2.24, 2.45) is 5.92 Å². The minimum Gasteiger partial charge on any atom is -0.352 e. The van der Waals surface area contributed by atoms with Gasteiger partial charge in [-0.1, -0.05) is 19.1 Å². The largest absolute Gasteiger partial charge is 0.352 e. The molecule has 0 spiro atoms. The van der Waals surface area contributed by atoms with Crippen LogP contribution in [0.1, 0.15) is 34.2 Å². The average molecular weight is 363 g/mol. The number of carbonyl (C=O) groups excluding carboxylic acids is 1. The molecule has 136 valence electrons. The van der Waals surface area contributed by atoms with Gasteiger partial charge in [0.2, 0.25) is 0 Å². The molecular weight excluding hydrogens is 338 g/mol. The molecule has 0 saturated carbocycles. The van der Waals surface area contributed by atoms with Crippen LogP contribution in [0.4, 0.5) is 0 Å². The summed E-state index contributed by atoms with van der Waals surface area (Å²) in [7, 11) is -3.07. The number of nitrogens with one attached hydrogen (secondary N) is 1. The Bertz CT molecular complexity index is 839. The van der Waals surface area contributed by atoms with Crippen LogP contribution >= 0.6 is 0 Å². The molecule has 0 fully saturated rings. The van der Waals surface area contributed by atoms with Crippen LogP contribution in [0.5, 0.6) is 0 Å². The van der Waals surface area contributed by atoms with Crippen molar-refractivity contribution in [3.8, 4) is 0 Å². The number of amides is 1. The second-order valence-corrected chi connectivity index (χ2v) is 8.83. The molecule has 25 heavy (non-hydrogen) atoms. The van der Waals surface area contributed by atoms with Crippen molar-refractivity contribution < 1.29 is 13.2 Å². The fourth-order valence-corrected chi connectivity index (χ4v) is 3.44. The SMILES string of the molecule is Cc1cc(C)n(CC(C)CNC(=O)c2ccc(CS(C)(=O)=O)cc2)n1. The van der Waals surface area contributed by atoms with Crippen LogP contribution in [0.2, 0.25) is 0 Å². The summed E-state index contributed by atoms with van der Waals surface area (Å²) in [6.45, 7) is 7.33. The van der Waals surface area contributed by atoms with E-state index in [0.29, 0.717) is 17.7 Å². The Morgan fingerprint density at radius 2 is 1.88 bits per heavy atom. The number of nitrogens with zero attached hydrogens (tertiary/aromatic N) is 2. The van der Waals surface area contributed by atoms with Crippen LogP contribution in [0.25, 0.3) is 0 Å². The van der Waals surface area contributed by atoms with Gasteiger partial charge < -0.3 is 5.32 Å². The number of rotatable bonds is 7.